The first-order chi connectivity index (χ1) is 19.3. The molecule has 2 atom stereocenters. The molecule has 0 saturated carbocycles. The van der Waals surface area contributed by atoms with E-state index in [0.29, 0.717) is 35.9 Å². The summed E-state index contributed by atoms with van der Waals surface area (Å²) in [6, 6.07) is 5.55. The Morgan fingerprint density at radius 2 is 1.83 bits per heavy atom. The summed E-state index contributed by atoms with van der Waals surface area (Å²) in [6.45, 7) is 15.2. The van der Waals surface area contributed by atoms with Gasteiger partial charge in [0.15, 0.2) is 0 Å². The highest BCUT2D eigenvalue weighted by Gasteiger charge is 2.40. The minimum absolute atomic E-state index is 0.00501. The number of urea groups is 1. The molecule has 11 nitrogen and oxygen atoms in total. The van der Waals surface area contributed by atoms with Gasteiger partial charge in [0.05, 0.1) is 19.8 Å². The maximum Gasteiger partial charge on any atom is 0.508 e. The Balaban J connectivity index is 1.46. The molecule has 3 amide bonds. The molecule has 0 unspecified atom stereocenters. The molecule has 0 aromatic heterocycles. The summed E-state index contributed by atoms with van der Waals surface area (Å²) >= 11 is 5.99. The van der Waals surface area contributed by atoms with Gasteiger partial charge in [-0.3, -0.25) is 9.69 Å². The van der Waals surface area contributed by atoms with Crippen LogP contribution in [0.1, 0.15) is 39.7 Å². The number of carbonyl (C=O) groups is 3. The van der Waals surface area contributed by atoms with E-state index < -0.39 is 29.4 Å². The Morgan fingerprint density at radius 3 is 2.44 bits per heavy atom. The number of nitrogens with one attached hydrogen (secondary N) is 2. The highest BCUT2D eigenvalue weighted by atomic mass is 35.5. The molecule has 2 aliphatic heterocycles. The number of halogens is 1. The van der Waals surface area contributed by atoms with Crippen LogP contribution >= 0.6 is 11.6 Å². The highest BCUT2D eigenvalue weighted by Crippen LogP contribution is 2.37. The molecule has 1 aromatic carbocycles. The first-order valence-corrected chi connectivity index (χ1v) is 14.3. The molecule has 1 aromatic rings. The number of hydrogen-bond acceptors (Lipinski definition) is 8. The minimum Gasteiger partial charge on any atom is -0.433 e. The molecule has 2 saturated heterocycles. The number of carbonyl (C=O) groups excluding carboxylic acids is 3. The fraction of sp³-hybridized carbons (Fsp3) is 0.621. The average Bonchev–Trinajstić information content (AvgIpc) is 2.92. The molecule has 0 aliphatic carbocycles. The van der Waals surface area contributed by atoms with Crippen LogP contribution in [-0.2, 0) is 24.6 Å². The molecule has 41 heavy (non-hydrogen) atoms. The molecule has 2 fully saturated rings. The number of hydrogen-bond donors (Lipinski definition) is 3. The van der Waals surface area contributed by atoms with Gasteiger partial charge in [-0.1, -0.05) is 44.2 Å². The van der Waals surface area contributed by atoms with Gasteiger partial charge in [0, 0.05) is 44.2 Å². The van der Waals surface area contributed by atoms with Gasteiger partial charge in [-0.2, -0.15) is 0 Å². The zero-order chi connectivity index (χ0) is 30.2. The minimum atomic E-state index is -1.27. The van der Waals surface area contributed by atoms with E-state index in [1.165, 1.54) is 0 Å². The lowest BCUT2D eigenvalue weighted by atomic mass is 9.81. The van der Waals surface area contributed by atoms with Gasteiger partial charge >= 0.3 is 12.2 Å². The number of nitrogens with zero attached hydrogens (tertiary/aromatic N) is 2. The van der Waals surface area contributed by atoms with Crippen LogP contribution in [0.4, 0.5) is 9.59 Å². The van der Waals surface area contributed by atoms with Gasteiger partial charge in [0.1, 0.15) is 23.9 Å². The summed E-state index contributed by atoms with van der Waals surface area (Å²) in [6.07, 6.45) is -0.547. The summed E-state index contributed by atoms with van der Waals surface area (Å²) in [5.74, 6) is -0.474. The normalized spacial score (nSPS) is 20.9. The largest absolute Gasteiger partial charge is 0.508 e. The standard InChI is InChI=1S/C29H43ClN4O7/c1-20(2)24(25(35)34-11-10-29(38,21(3)18-34)22-6-8-23(30)9-7-22)32-26(36)31-19-28(4,5)41-27(37)40-17-14-33-12-15-39-16-13-33/h6-9,20,24,38H,3,10-19H2,1-2,4-5H3,(H2,31,32,36)/t24-,29-/m1/s1. The van der Waals surface area contributed by atoms with E-state index in [4.69, 9.17) is 25.8 Å². The van der Waals surface area contributed by atoms with Crippen molar-refractivity contribution in [2.75, 3.05) is 59.1 Å². The summed E-state index contributed by atoms with van der Waals surface area (Å²) in [5, 5.41) is 17.3. The predicted molar refractivity (Wildman–Crippen MR) is 155 cm³/mol. The van der Waals surface area contributed by atoms with E-state index >= 15 is 0 Å². The first kappa shape index (κ1) is 32.7. The molecule has 2 heterocycles. The van der Waals surface area contributed by atoms with Crippen LogP contribution in [0.2, 0.25) is 5.02 Å². The Labute approximate surface area is 247 Å². The van der Waals surface area contributed by atoms with Gasteiger partial charge in [0.2, 0.25) is 5.91 Å². The van der Waals surface area contributed by atoms with Crippen LogP contribution in [0.15, 0.2) is 36.4 Å². The quantitative estimate of drug-likeness (QED) is 0.279. The maximum atomic E-state index is 13.4. The molecule has 228 valence electrons. The van der Waals surface area contributed by atoms with Crippen molar-refractivity contribution in [1.29, 1.82) is 0 Å². The molecular formula is C29H43ClN4O7. The third-order valence-electron chi connectivity index (χ3n) is 7.33. The number of ether oxygens (including phenoxy) is 3. The summed E-state index contributed by atoms with van der Waals surface area (Å²) in [7, 11) is 0. The monoisotopic (exact) mass is 594 g/mol. The van der Waals surface area contributed by atoms with Gasteiger partial charge in [-0.05, 0) is 43.0 Å². The lowest BCUT2D eigenvalue weighted by molar-refractivity contribution is -0.136. The van der Waals surface area contributed by atoms with E-state index in [1.54, 1.807) is 43.0 Å². The number of benzene rings is 1. The van der Waals surface area contributed by atoms with E-state index in [-0.39, 0.29) is 44.5 Å². The van der Waals surface area contributed by atoms with Gasteiger partial charge < -0.3 is 34.9 Å². The third kappa shape index (κ3) is 9.32. The molecule has 12 heteroatoms. The zero-order valence-corrected chi connectivity index (χ0v) is 25.2. The van der Waals surface area contributed by atoms with Crippen LogP contribution in [0.5, 0.6) is 0 Å². The van der Waals surface area contributed by atoms with Crippen LogP contribution in [0.25, 0.3) is 0 Å². The molecule has 0 spiro atoms. The molecule has 3 N–H and O–H groups in total. The van der Waals surface area contributed by atoms with Crippen LogP contribution in [-0.4, -0.2) is 104 Å². The van der Waals surface area contributed by atoms with Crippen molar-refractivity contribution in [2.45, 2.75) is 51.4 Å². The Bertz CT molecular complexity index is 1080. The Kier molecular flexibility index (Phi) is 11.4. The number of aliphatic hydroxyl groups is 1. The molecule has 2 aliphatic rings. The van der Waals surface area contributed by atoms with Crippen molar-refractivity contribution < 1.29 is 33.7 Å². The second kappa shape index (κ2) is 14.4. The van der Waals surface area contributed by atoms with Crippen molar-refractivity contribution >= 4 is 29.7 Å². The third-order valence-corrected chi connectivity index (χ3v) is 7.58. The summed E-state index contributed by atoms with van der Waals surface area (Å²) in [4.78, 5) is 42.1. The second-order valence-electron chi connectivity index (χ2n) is 11.4. The van der Waals surface area contributed by atoms with E-state index in [1.807, 2.05) is 13.8 Å². The number of amides is 3. The van der Waals surface area contributed by atoms with Gasteiger partial charge in [-0.15, -0.1) is 0 Å². The second-order valence-corrected chi connectivity index (χ2v) is 11.9. The first-order valence-electron chi connectivity index (χ1n) is 14.0. The predicted octanol–water partition coefficient (Wildman–Crippen LogP) is 2.90. The maximum absolute atomic E-state index is 13.4. The molecular weight excluding hydrogens is 552 g/mol. The lowest BCUT2D eigenvalue weighted by Gasteiger charge is -2.42. The average molecular weight is 595 g/mol. The fourth-order valence-corrected chi connectivity index (χ4v) is 4.87. The summed E-state index contributed by atoms with van der Waals surface area (Å²) in [5.41, 5.74) is -1.15. The van der Waals surface area contributed by atoms with Crippen molar-refractivity contribution in [3.05, 3.63) is 47.0 Å². The Morgan fingerprint density at radius 1 is 1.17 bits per heavy atom. The van der Waals surface area contributed by atoms with E-state index in [9.17, 15) is 19.5 Å². The molecule has 0 radical (unpaired) electrons. The van der Waals surface area contributed by atoms with Crippen molar-refractivity contribution in [3.8, 4) is 0 Å². The Hall–Kier alpha value is -2.86. The van der Waals surface area contributed by atoms with Crippen molar-refractivity contribution in [3.63, 3.8) is 0 Å². The van der Waals surface area contributed by atoms with Crippen molar-refractivity contribution in [1.82, 2.24) is 20.4 Å². The number of morpholine rings is 1. The summed E-state index contributed by atoms with van der Waals surface area (Å²) < 4.78 is 15.9. The zero-order valence-electron chi connectivity index (χ0n) is 24.4. The van der Waals surface area contributed by atoms with E-state index in [2.05, 4.69) is 22.1 Å². The van der Waals surface area contributed by atoms with E-state index in [0.717, 1.165) is 13.1 Å². The fourth-order valence-electron chi connectivity index (χ4n) is 4.75. The SMILES string of the molecule is C=C1CN(C(=O)[C@H](NC(=O)NCC(C)(C)OC(=O)OCCN2CCOCC2)C(C)C)CC[C@]1(O)c1ccc(Cl)cc1. The number of rotatable bonds is 10. The van der Waals surface area contributed by atoms with Crippen LogP contribution < -0.4 is 10.6 Å². The highest BCUT2D eigenvalue weighted by molar-refractivity contribution is 6.30. The number of piperidine rings is 1. The smallest absolute Gasteiger partial charge is 0.433 e. The van der Waals surface area contributed by atoms with Gasteiger partial charge in [-0.25, -0.2) is 9.59 Å². The topological polar surface area (TPSA) is 130 Å². The van der Waals surface area contributed by atoms with Crippen molar-refractivity contribution in [2.24, 2.45) is 5.92 Å². The van der Waals surface area contributed by atoms with Gasteiger partial charge in [0.25, 0.3) is 0 Å². The number of likely N-dealkylation sites (tertiary alicyclic amines) is 1. The molecule has 3 rings (SSSR count). The lowest BCUT2D eigenvalue weighted by Crippen LogP contribution is -2.57. The van der Waals surface area contributed by atoms with Crippen LogP contribution in [0, 0.1) is 5.92 Å². The van der Waals surface area contributed by atoms with Crippen LogP contribution in [0.3, 0.4) is 0 Å². The molecule has 0 bridgehead atoms.